The van der Waals surface area contributed by atoms with Crippen molar-refractivity contribution in [3.63, 3.8) is 0 Å². The molecule has 0 radical (unpaired) electrons. The van der Waals surface area contributed by atoms with Crippen LogP contribution in [0, 0.1) is 6.92 Å². The zero-order valence-electron chi connectivity index (χ0n) is 10.5. The summed E-state index contributed by atoms with van der Waals surface area (Å²) < 4.78 is 9.85. The number of rotatable bonds is 5. The van der Waals surface area contributed by atoms with Crippen molar-refractivity contribution in [2.24, 2.45) is 0 Å². The topological polar surface area (TPSA) is 52.6 Å². The second-order valence-corrected chi connectivity index (χ2v) is 3.69. The van der Waals surface area contributed by atoms with Gasteiger partial charge in [-0.15, -0.1) is 0 Å². The molecule has 4 heteroatoms. The lowest BCUT2D eigenvalue weighted by atomic mass is 10.2. The third kappa shape index (κ3) is 4.82. The van der Waals surface area contributed by atoms with Crippen molar-refractivity contribution in [1.82, 2.24) is 0 Å². The highest BCUT2D eigenvalue weighted by Gasteiger charge is 2.04. The molecule has 0 aromatic heterocycles. The highest BCUT2D eigenvalue weighted by Crippen LogP contribution is 2.16. The van der Waals surface area contributed by atoms with E-state index in [-0.39, 0.29) is 0 Å². The normalized spacial score (nSPS) is 10.3. The Morgan fingerprint density at radius 2 is 1.83 bits per heavy atom. The third-order valence-electron chi connectivity index (χ3n) is 2.11. The summed E-state index contributed by atoms with van der Waals surface area (Å²) >= 11 is 0. The molecule has 0 fully saturated rings. The van der Waals surface area contributed by atoms with Crippen LogP contribution in [0.4, 0.5) is 0 Å². The van der Waals surface area contributed by atoms with E-state index >= 15 is 0 Å². The van der Waals surface area contributed by atoms with Crippen LogP contribution in [0.2, 0.25) is 0 Å². The molecule has 0 atom stereocenters. The molecule has 0 amide bonds. The Bertz CT molecular complexity index is 449. The van der Waals surface area contributed by atoms with Gasteiger partial charge in [-0.25, -0.2) is 9.59 Å². The van der Waals surface area contributed by atoms with E-state index in [0.29, 0.717) is 12.4 Å². The first kappa shape index (κ1) is 14.0. The van der Waals surface area contributed by atoms with Crippen molar-refractivity contribution in [1.29, 1.82) is 0 Å². The first-order chi connectivity index (χ1) is 8.63. The molecule has 0 saturated heterocycles. The van der Waals surface area contributed by atoms with Crippen LogP contribution in [0.5, 0.6) is 5.75 Å². The second-order valence-electron chi connectivity index (χ2n) is 3.69. The Morgan fingerprint density at radius 3 is 2.50 bits per heavy atom. The van der Waals surface area contributed by atoms with E-state index in [1.165, 1.54) is 0 Å². The second kappa shape index (κ2) is 7.27. The van der Waals surface area contributed by atoms with E-state index in [1.54, 1.807) is 12.1 Å². The first-order valence-electron chi connectivity index (χ1n) is 5.75. The largest absolute Gasteiger partial charge is 0.463 e. The van der Waals surface area contributed by atoms with Gasteiger partial charge in [-0.3, -0.25) is 0 Å². The van der Waals surface area contributed by atoms with Gasteiger partial charge >= 0.3 is 11.9 Å². The maximum atomic E-state index is 11.4. The van der Waals surface area contributed by atoms with Gasteiger partial charge in [-0.1, -0.05) is 25.1 Å². The van der Waals surface area contributed by atoms with Crippen molar-refractivity contribution < 1.29 is 19.1 Å². The molecule has 0 aliphatic rings. The number of ether oxygens (including phenoxy) is 2. The van der Waals surface area contributed by atoms with Crippen molar-refractivity contribution >= 4 is 11.9 Å². The van der Waals surface area contributed by atoms with E-state index < -0.39 is 11.9 Å². The molecule has 18 heavy (non-hydrogen) atoms. The maximum absolute atomic E-state index is 11.4. The van der Waals surface area contributed by atoms with Crippen LogP contribution >= 0.6 is 0 Å². The quantitative estimate of drug-likeness (QED) is 0.456. The third-order valence-corrected chi connectivity index (χ3v) is 2.11. The van der Waals surface area contributed by atoms with Gasteiger partial charge in [0.25, 0.3) is 0 Å². The number of esters is 2. The molecule has 96 valence electrons. The summed E-state index contributed by atoms with van der Waals surface area (Å²) in [4.78, 5) is 22.5. The summed E-state index contributed by atoms with van der Waals surface area (Å²) in [6.45, 7) is 4.07. The molecule has 0 bridgehead atoms. The van der Waals surface area contributed by atoms with Gasteiger partial charge in [0.15, 0.2) is 0 Å². The standard InChI is InChI=1S/C14H16O4/c1-3-10-17-13(15)8-9-14(16)18-12-7-5-4-6-11(12)2/h4-9H,3,10H2,1-2H3/b9-8+. The van der Waals surface area contributed by atoms with E-state index in [2.05, 4.69) is 0 Å². The fourth-order valence-corrected chi connectivity index (χ4v) is 1.20. The first-order valence-corrected chi connectivity index (χ1v) is 5.75. The minimum Gasteiger partial charge on any atom is -0.463 e. The molecule has 0 heterocycles. The predicted octanol–water partition coefficient (Wildman–Crippen LogP) is 2.41. The zero-order chi connectivity index (χ0) is 13.4. The molecule has 0 aliphatic carbocycles. The van der Waals surface area contributed by atoms with Crippen molar-refractivity contribution in [2.45, 2.75) is 20.3 Å². The summed E-state index contributed by atoms with van der Waals surface area (Å²) in [6, 6.07) is 7.15. The number of para-hydroxylation sites is 1. The van der Waals surface area contributed by atoms with E-state index in [1.807, 2.05) is 26.0 Å². The fourth-order valence-electron chi connectivity index (χ4n) is 1.20. The number of aryl methyl sites for hydroxylation is 1. The lowest BCUT2D eigenvalue weighted by molar-refractivity contribution is -0.138. The van der Waals surface area contributed by atoms with E-state index in [0.717, 1.165) is 24.1 Å². The van der Waals surface area contributed by atoms with Crippen LogP contribution < -0.4 is 4.74 Å². The van der Waals surface area contributed by atoms with Gasteiger partial charge in [-0.2, -0.15) is 0 Å². The van der Waals surface area contributed by atoms with Gasteiger partial charge in [-0.05, 0) is 25.0 Å². The molecule has 0 N–H and O–H groups in total. The Balaban J connectivity index is 2.49. The maximum Gasteiger partial charge on any atom is 0.336 e. The molecule has 4 nitrogen and oxygen atoms in total. The summed E-state index contributed by atoms with van der Waals surface area (Å²) in [5.74, 6) is -0.662. The van der Waals surface area contributed by atoms with Gasteiger partial charge < -0.3 is 9.47 Å². The van der Waals surface area contributed by atoms with Crippen molar-refractivity contribution in [2.75, 3.05) is 6.61 Å². The Labute approximate surface area is 106 Å². The average molecular weight is 248 g/mol. The van der Waals surface area contributed by atoms with Crippen molar-refractivity contribution in [3.8, 4) is 5.75 Å². The zero-order valence-corrected chi connectivity index (χ0v) is 10.5. The predicted molar refractivity (Wildman–Crippen MR) is 67.2 cm³/mol. The number of hydrogen-bond donors (Lipinski definition) is 0. The minimum absolute atomic E-state index is 0.343. The molecule has 1 rings (SSSR count). The number of hydrogen-bond acceptors (Lipinski definition) is 4. The van der Waals surface area contributed by atoms with Crippen LogP contribution in [-0.4, -0.2) is 18.5 Å². The lowest BCUT2D eigenvalue weighted by Crippen LogP contribution is -2.07. The molecule has 0 aliphatic heterocycles. The Morgan fingerprint density at radius 1 is 1.17 bits per heavy atom. The lowest BCUT2D eigenvalue weighted by Gasteiger charge is -2.04. The van der Waals surface area contributed by atoms with Crippen LogP contribution in [0.1, 0.15) is 18.9 Å². The monoisotopic (exact) mass is 248 g/mol. The molecule has 0 saturated carbocycles. The number of benzene rings is 1. The van der Waals surface area contributed by atoms with Gasteiger partial charge in [0.2, 0.25) is 0 Å². The van der Waals surface area contributed by atoms with Crippen LogP contribution in [0.25, 0.3) is 0 Å². The molecule has 1 aromatic rings. The summed E-state index contributed by atoms with van der Waals surface area (Å²) in [5.41, 5.74) is 0.854. The van der Waals surface area contributed by atoms with Crippen molar-refractivity contribution in [3.05, 3.63) is 42.0 Å². The highest BCUT2D eigenvalue weighted by atomic mass is 16.5. The minimum atomic E-state index is -0.599. The van der Waals surface area contributed by atoms with Crippen LogP contribution in [0.15, 0.2) is 36.4 Å². The molecular weight excluding hydrogens is 232 g/mol. The SMILES string of the molecule is CCCOC(=O)/C=C/C(=O)Oc1ccccc1C. The van der Waals surface area contributed by atoms with E-state index in [9.17, 15) is 9.59 Å². The summed E-state index contributed by atoms with van der Waals surface area (Å²) in [7, 11) is 0. The number of carbonyl (C=O) groups is 2. The molecule has 1 aromatic carbocycles. The Kier molecular flexibility index (Phi) is 5.64. The summed E-state index contributed by atoms with van der Waals surface area (Å²) in [5, 5.41) is 0. The van der Waals surface area contributed by atoms with Gasteiger partial charge in [0.1, 0.15) is 5.75 Å². The van der Waals surface area contributed by atoms with E-state index in [4.69, 9.17) is 9.47 Å². The smallest absolute Gasteiger partial charge is 0.336 e. The molecule has 0 spiro atoms. The van der Waals surface area contributed by atoms with Gasteiger partial charge in [0, 0.05) is 12.2 Å². The molecular formula is C14H16O4. The molecule has 0 unspecified atom stereocenters. The highest BCUT2D eigenvalue weighted by molar-refractivity contribution is 5.92. The van der Waals surface area contributed by atoms with Gasteiger partial charge in [0.05, 0.1) is 6.61 Å². The summed E-state index contributed by atoms with van der Waals surface area (Å²) in [6.07, 6.45) is 2.87. The fraction of sp³-hybridized carbons (Fsp3) is 0.286. The number of carbonyl (C=O) groups excluding carboxylic acids is 2. The average Bonchev–Trinajstić information content (AvgIpc) is 2.36. The van der Waals surface area contributed by atoms with Crippen LogP contribution in [0.3, 0.4) is 0 Å². The Hall–Kier alpha value is -2.10. The van der Waals surface area contributed by atoms with Crippen LogP contribution in [-0.2, 0) is 14.3 Å².